The molecule has 0 saturated carbocycles. The largest absolute Gasteiger partial charge is 0.492 e. The monoisotopic (exact) mass is 353 g/mol. The van der Waals surface area contributed by atoms with Gasteiger partial charge in [0.15, 0.2) is 6.10 Å². The van der Waals surface area contributed by atoms with Crippen LogP contribution in [0.5, 0.6) is 5.75 Å². The minimum atomic E-state index is -0.912. The van der Waals surface area contributed by atoms with Gasteiger partial charge in [0.2, 0.25) is 0 Å². The van der Waals surface area contributed by atoms with Crippen molar-refractivity contribution < 1.29 is 19.1 Å². The number of aryl methyl sites for hydroxylation is 2. The number of anilines is 1. The molecule has 2 aromatic rings. The molecule has 5 heteroatoms. The topological polar surface area (TPSA) is 64.6 Å². The molecule has 5 nitrogen and oxygen atoms in total. The maximum Gasteiger partial charge on any atom is 0.338 e. The molecule has 0 bridgehead atoms. The lowest BCUT2D eigenvalue weighted by Gasteiger charge is -2.16. The molecular formula is C21H23NO4. The first-order valence-corrected chi connectivity index (χ1v) is 8.94. The Morgan fingerprint density at radius 2 is 1.88 bits per heavy atom. The molecule has 1 aliphatic carbocycles. The van der Waals surface area contributed by atoms with Crippen molar-refractivity contribution in [3.05, 3.63) is 59.2 Å². The number of hydrogen-bond donors (Lipinski definition) is 1. The molecule has 1 unspecified atom stereocenters. The van der Waals surface area contributed by atoms with E-state index in [9.17, 15) is 9.59 Å². The summed E-state index contributed by atoms with van der Waals surface area (Å²) in [5.41, 5.74) is 3.53. The lowest BCUT2D eigenvalue weighted by molar-refractivity contribution is -0.123. The minimum absolute atomic E-state index is 0.397. The van der Waals surface area contributed by atoms with Gasteiger partial charge in [0.25, 0.3) is 5.91 Å². The SMILES string of the molecule is CCOc1ccccc1NC(=O)C(C)OC(=O)c1ccc2c(c1)CCC2. The van der Waals surface area contributed by atoms with Crippen LogP contribution in [0.3, 0.4) is 0 Å². The number of hydrogen-bond acceptors (Lipinski definition) is 4. The summed E-state index contributed by atoms with van der Waals surface area (Å²) in [6.07, 6.45) is 2.25. The van der Waals surface area contributed by atoms with Crippen molar-refractivity contribution in [3.63, 3.8) is 0 Å². The van der Waals surface area contributed by atoms with Gasteiger partial charge in [-0.25, -0.2) is 4.79 Å². The molecule has 0 fully saturated rings. The zero-order valence-electron chi connectivity index (χ0n) is 15.1. The normalized spacial score (nSPS) is 13.6. The van der Waals surface area contributed by atoms with Crippen LogP contribution >= 0.6 is 0 Å². The average molecular weight is 353 g/mol. The Kier molecular flexibility index (Phi) is 5.56. The van der Waals surface area contributed by atoms with Gasteiger partial charge in [-0.1, -0.05) is 18.2 Å². The second-order valence-electron chi connectivity index (χ2n) is 6.30. The van der Waals surface area contributed by atoms with Crippen molar-refractivity contribution in [1.29, 1.82) is 0 Å². The number of nitrogens with one attached hydrogen (secondary N) is 1. The maximum atomic E-state index is 12.4. The predicted molar refractivity (Wildman–Crippen MR) is 99.6 cm³/mol. The molecular weight excluding hydrogens is 330 g/mol. The summed E-state index contributed by atoms with van der Waals surface area (Å²) in [5.74, 6) is -0.299. The first kappa shape index (κ1) is 18.0. The highest BCUT2D eigenvalue weighted by Crippen LogP contribution is 2.25. The van der Waals surface area contributed by atoms with Crippen molar-refractivity contribution in [3.8, 4) is 5.75 Å². The number of para-hydroxylation sites is 2. The van der Waals surface area contributed by atoms with Gasteiger partial charge >= 0.3 is 5.97 Å². The molecule has 0 radical (unpaired) electrons. The van der Waals surface area contributed by atoms with E-state index in [-0.39, 0.29) is 0 Å². The number of ether oxygens (including phenoxy) is 2. The van der Waals surface area contributed by atoms with Crippen LogP contribution in [0, 0.1) is 0 Å². The molecule has 0 aromatic heterocycles. The smallest absolute Gasteiger partial charge is 0.338 e. The first-order valence-electron chi connectivity index (χ1n) is 8.94. The summed E-state index contributed by atoms with van der Waals surface area (Å²) in [6, 6.07) is 12.8. The number of carbonyl (C=O) groups excluding carboxylic acids is 2. The first-order chi connectivity index (χ1) is 12.6. The predicted octanol–water partition coefficient (Wildman–Crippen LogP) is 3.76. The molecule has 1 atom stereocenters. The molecule has 0 saturated heterocycles. The van der Waals surface area contributed by atoms with Gasteiger partial charge in [-0.2, -0.15) is 0 Å². The molecule has 0 heterocycles. The fourth-order valence-corrected chi connectivity index (χ4v) is 3.07. The summed E-state index contributed by atoms with van der Waals surface area (Å²) < 4.78 is 10.8. The van der Waals surface area contributed by atoms with Gasteiger partial charge in [-0.15, -0.1) is 0 Å². The Labute approximate surface area is 153 Å². The summed E-state index contributed by atoms with van der Waals surface area (Å²) in [5, 5.41) is 2.75. The van der Waals surface area contributed by atoms with Gasteiger partial charge in [-0.05, 0) is 68.5 Å². The third-order valence-electron chi connectivity index (χ3n) is 4.43. The zero-order chi connectivity index (χ0) is 18.5. The van der Waals surface area contributed by atoms with Crippen LogP contribution < -0.4 is 10.1 Å². The van der Waals surface area contributed by atoms with E-state index in [2.05, 4.69) is 5.32 Å². The zero-order valence-corrected chi connectivity index (χ0v) is 15.1. The highest BCUT2D eigenvalue weighted by atomic mass is 16.5. The average Bonchev–Trinajstić information content (AvgIpc) is 3.11. The molecule has 0 spiro atoms. The minimum Gasteiger partial charge on any atom is -0.492 e. The number of benzene rings is 2. The van der Waals surface area contributed by atoms with E-state index in [0.717, 1.165) is 19.3 Å². The Bertz CT molecular complexity index is 815. The van der Waals surface area contributed by atoms with E-state index in [4.69, 9.17) is 9.47 Å². The van der Waals surface area contributed by atoms with Crippen LogP contribution in [0.4, 0.5) is 5.69 Å². The Hall–Kier alpha value is -2.82. The summed E-state index contributed by atoms with van der Waals surface area (Å²) in [4.78, 5) is 24.7. The van der Waals surface area contributed by atoms with Crippen molar-refractivity contribution in [2.45, 2.75) is 39.2 Å². The molecule has 26 heavy (non-hydrogen) atoms. The van der Waals surface area contributed by atoms with Crippen molar-refractivity contribution in [2.24, 2.45) is 0 Å². The lowest BCUT2D eigenvalue weighted by Crippen LogP contribution is -2.30. The van der Waals surface area contributed by atoms with E-state index in [1.807, 2.05) is 25.1 Å². The Morgan fingerprint density at radius 3 is 2.69 bits per heavy atom. The second-order valence-corrected chi connectivity index (χ2v) is 6.30. The van der Waals surface area contributed by atoms with Crippen LogP contribution in [0.25, 0.3) is 0 Å². The van der Waals surface area contributed by atoms with Gasteiger partial charge in [0.1, 0.15) is 5.75 Å². The molecule has 1 aliphatic rings. The van der Waals surface area contributed by atoms with Crippen LogP contribution in [0.1, 0.15) is 41.8 Å². The van der Waals surface area contributed by atoms with E-state index in [0.29, 0.717) is 23.6 Å². The third kappa shape index (κ3) is 4.04. The van der Waals surface area contributed by atoms with Gasteiger partial charge in [-0.3, -0.25) is 4.79 Å². The lowest BCUT2D eigenvalue weighted by atomic mass is 10.1. The quantitative estimate of drug-likeness (QED) is 0.803. The van der Waals surface area contributed by atoms with Gasteiger partial charge < -0.3 is 14.8 Å². The summed E-state index contributed by atoms with van der Waals surface area (Å²) in [6.45, 7) is 3.93. The second kappa shape index (κ2) is 8.04. The van der Waals surface area contributed by atoms with Crippen LogP contribution in [-0.2, 0) is 22.4 Å². The van der Waals surface area contributed by atoms with Crippen molar-refractivity contribution in [2.75, 3.05) is 11.9 Å². The Morgan fingerprint density at radius 1 is 1.12 bits per heavy atom. The third-order valence-corrected chi connectivity index (χ3v) is 4.43. The highest BCUT2D eigenvalue weighted by molar-refractivity contribution is 5.98. The number of carbonyl (C=O) groups is 2. The van der Waals surface area contributed by atoms with Crippen molar-refractivity contribution >= 4 is 17.6 Å². The van der Waals surface area contributed by atoms with Crippen molar-refractivity contribution in [1.82, 2.24) is 0 Å². The molecule has 1 amide bonds. The number of amides is 1. The summed E-state index contributed by atoms with van der Waals surface area (Å²) in [7, 11) is 0. The summed E-state index contributed by atoms with van der Waals surface area (Å²) >= 11 is 0. The van der Waals surface area contributed by atoms with Gasteiger partial charge in [0.05, 0.1) is 17.9 Å². The van der Waals surface area contributed by atoms with E-state index < -0.39 is 18.0 Å². The van der Waals surface area contributed by atoms with E-state index in [1.165, 1.54) is 11.1 Å². The fourth-order valence-electron chi connectivity index (χ4n) is 3.07. The fraction of sp³-hybridized carbons (Fsp3) is 0.333. The molecule has 136 valence electrons. The molecule has 2 aromatic carbocycles. The maximum absolute atomic E-state index is 12.4. The molecule has 0 aliphatic heterocycles. The van der Waals surface area contributed by atoms with Crippen LogP contribution in [0.2, 0.25) is 0 Å². The molecule has 1 N–H and O–H groups in total. The van der Waals surface area contributed by atoms with Gasteiger partial charge in [0, 0.05) is 0 Å². The Balaban J connectivity index is 1.63. The highest BCUT2D eigenvalue weighted by Gasteiger charge is 2.21. The van der Waals surface area contributed by atoms with Crippen LogP contribution in [0.15, 0.2) is 42.5 Å². The van der Waals surface area contributed by atoms with E-state index >= 15 is 0 Å². The number of rotatable bonds is 6. The van der Waals surface area contributed by atoms with E-state index in [1.54, 1.807) is 31.2 Å². The standard InChI is InChI=1S/C21H23NO4/c1-3-25-19-10-5-4-9-18(19)22-20(23)14(2)26-21(24)17-12-11-15-7-6-8-16(15)13-17/h4-5,9-14H,3,6-8H2,1-2H3,(H,22,23). The van der Waals surface area contributed by atoms with Crippen LogP contribution in [-0.4, -0.2) is 24.6 Å². The molecule has 3 rings (SSSR count). The number of fused-ring (bicyclic) bond motifs is 1. The number of esters is 1.